The minimum Gasteiger partial charge on any atom is -0.352 e. The van der Waals surface area contributed by atoms with Crippen molar-refractivity contribution in [3.63, 3.8) is 0 Å². The van der Waals surface area contributed by atoms with Crippen LogP contribution in [0.5, 0.6) is 0 Å². The van der Waals surface area contributed by atoms with E-state index in [1.54, 1.807) is 12.4 Å². The molecular formula is C17H22N4O. The molecule has 0 saturated carbocycles. The molecule has 1 aromatic heterocycles. The lowest BCUT2D eigenvalue weighted by molar-refractivity contribution is 0.102. The number of aryl methyl sites for hydroxylation is 2. The zero-order chi connectivity index (χ0) is 16.1. The molecule has 1 aromatic carbocycles. The number of aromatic nitrogens is 2. The SMILES string of the molecule is CCC(C)Nc1ncc(C(=O)Nc2c(C)cccc2C)cn1. The number of carbonyl (C=O) groups is 1. The number of para-hydroxylation sites is 1. The van der Waals surface area contributed by atoms with Gasteiger partial charge < -0.3 is 10.6 Å². The highest BCUT2D eigenvalue weighted by Crippen LogP contribution is 2.20. The van der Waals surface area contributed by atoms with Crippen molar-refractivity contribution in [1.82, 2.24) is 9.97 Å². The zero-order valence-electron chi connectivity index (χ0n) is 13.5. The highest BCUT2D eigenvalue weighted by Gasteiger charge is 2.11. The Morgan fingerprint density at radius 3 is 2.32 bits per heavy atom. The monoisotopic (exact) mass is 298 g/mol. The van der Waals surface area contributed by atoms with Gasteiger partial charge in [-0.25, -0.2) is 9.97 Å². The van der Waals surface area contributed by atoms with E-state index in [1.165, 1.54) is 0 Å². The van der Waals surface area contributed by atoms with Gasteiger partial charge in [0.05, 0.1) is 5.56 Å². The second kappa shape index (κ2) is 7.02. The summed E-state index contributed by atoms with van der Waals surface area (Å²) in [6, 6.07) is 6.21. The summed E-state index contributed by atoms with van der Waals surface area (Å²) in [4.78, 5) is 20.7. The first-order valence-electron chi connectivity index (χ1n) is 7.47. The summed E-state index contributed by atoms with van der Waals surface area (Å²) in [5.74, 6) is 0.338. The molecule has 0 radical (unpaired) electrons. The van der Waals surface area contributed by atoms with Gasteiger partial charge in [-0.15, -0.1) is 0 Å². The number of hydrogen-bond donors (Lipinski definition) is 2. The number of rotatable bonds is 5. The maximum Gasteiger partial charge on any atom is 0.258 e. The van der Waals surface area contributed by atoms with Crippen molar-refractivity contribution >= 4 is 17.5 Å². The topological polar surface area (TPSA) is 66.9 Å². The summed E-state index contributed by atoms with van der Waals surface area (Å²) < 4.78 is 0. The normalized spacial score (nSPS) is 11.8. The average molecular weight is 298 g/mol. The molecule has 0 saturated heterocycles. The third kappa shape index (κ3) is 3.81. The number of amides is 1. The Bertz CT molecular complexity index is 632. The molecule has 0 bridgehead atoms. The van der Waals surface area contributed by atoms with E-state index in [4.69, 9.17) is 0 Å². The van der Waals surface area contributed by atoms with Crippen molar-refractivity contribution in [2.45, 2.75) is 40.2 Å². The molecule has 116 valence electrons. The van der Waals surface area contributed by atoms with Gasteiger partial charge in [-0.3, -0.25) is 4.79 Å². The highest BCUT2D eigenvalue weighted by molar-refractivity contribution is 6.04. The smallest absolute Gasteiger partial charge is 0.258 e. The van der Waals surface area contributed by atoms with E-state index in [1.807, 2.05) is 32.0 Å². The van der Waals surface area contributed by atoms with Gasteiger partial charge >= 0.3 is 0 Å². The summed E-state index contributed by atoms with van der Waals surface area (Å²) in [5, 5.41) is 6.10. The molecule has 1 atom stereocenters. The first-order chi connectivity index (χ1) is 10.5. The van der Waals surface area contributed by atoms with Crippen LogP contribution in [-0.2, 0) is 0 Å². The molecule has 2 N–H and O–H groups in total. The average Bonchev–Trinajstić information content (AvgIpc) is 2.51. The van der Waals surface area contributed by atoms with Gasteiger partial charge in [0, 0.05) is 24.1 Å². The number of benzene rings is 1. The fraction of sp³-hybridized carbons (Fsp3) is 0.353. The molecule has 0 aliphatic carbocycles. The Kier molecular flexibility index (Phi) is 5.09. The number of nitrogens with zero attached hydrogens (tertiary/aromatic N) is 2. The Morgan fingerprint density at radius 1 is 1.18 bits per heavy atom. The van der Waals surface area contributed by atoms with E-state index in [0.717, 1.165) is 23.2 Å². The second-order valence-electron chi connectivity index (χ2n) is 5.47. The van der Waals surface area contributed by atoms with Crippen molar-refractivity contribution in [2.24, 2.45) is 0 Å². The predicted molar refractivity (Wildman–Crippen MR) is 89.3 cm³/mol. The van der Waals surface area contributed by atoms with E-state index in [9.17, 15) is 4.79 Å². The molecule has 5 nitrogen and oxygen atoms in total. The number of carbonyl (C=O) groups excluding carboxylic acids is 1. The lowest BCUT2D eigenvalue weighted by Gasteiger charge is -2.12. The van der Waals surface area contributed by atoms with Crippen LogP contribution in [-0.4, -0.2) is 21.9 Å². The van der Waals surface area contributed by atoms with Crippen molar-refractivity contribution in [3.8, 4) is 0 Å². The standard InChI is InChI=1S/C17H22N4O/c1-5-13(4)20-17-18-9-14(10-19-17)16(22)21-15-11(2)7-6-8-12(15)3/h6-10,13H,5H2,1-4H3,(H,21,22)(H,18,19,20). The Hall–Kier alpha value is -2.43. The van der Waals surface area contributed by atoms with Gasteiger partial charge in [-0.2, -0.15) is 0 Å². The van der Waals surface area contributed by atoms with Gasteiger partial charge in [-0.05, 0) is 38.3 Å². The Labute approximate surface area is 131 Å². The van der Waals surface area contributed by atoms with E-state index in [2.05, 4.69) is 34.4 Å². The predicted octanol–water partition coefficient (Wildman–Crippen LogP) is 3.56. The molecular weight excluding hydrogens is 276 g/mol. The van der Waals surface area contributed by atoms with Crippen LogP contribution >= 0.6 is 0 Å². The van der Waals surface area contributed by atoms with Crippen LogP contribution in [0.2, 0.25) is 0 Å². The van der Waals surface area contributed by atoms with E-state index < -0.39 is 0 Å². The lowest BCUT2D eigenvalue weighted by atomic mass is 10.1. The first-order valence-corrected chi connectivity index (χ1v) is 7.47. The van der Waals surface area contributed by atoms with Crippen molar-refractivity contribution in [2.75, 3.05) is 10.6 Å². The molecule has 1 heterocycles. The van der Waals surface area contributed by atoms with Crippen LogP contribution in [0.15, 0.2) is 30.6 Å². The number of nitrogens with one attached hydrogen (secondary N) is 2. The molecule has 1 amide bonds. The van der Waals surface area contributed by atoms with Gasteiger partial charge in [-0.1, -0.05) is 25.1 Å². The number of anilines is 2. The minimum atomic E-state index is -0.201. The van der Waals surface area contributed by atoms with Gasteiger partial charge in [0.1, 0.15) is 0 Å². The van der Waals surface area contributed by atoms with Crippen molar-refractivity contribution in [3.05, 3.63) is 47.3 Å². The molecule has 2 rings (SSSR count). The molecule has 0 aliphatic rings. The summed E-state index contributed by atoms with van der Waals surface area (Å²) in [5.41, 5.74) is 3.35. The maximum absolute atomic E-state index is 12.3. The third-order valence-electron chi connectivity index (χ3n) is 3.62. The summed E-state index contributed by atoms with van der Waals surface area (Å²) in [7, 11) is 0. The fourth-order valence-electron chi connectivity index (χ4n) is 2.04. The van der Waals surface area contributed by atoms with Gasteiger partial charge in [0.15, 0.2) is 0 Å². The molecule has 5 heteroatoms. The molecule has 22 heavy (non-hydrogen) atoms. The second-order valence-corrected chi connectivity index (χ2v) is 5.47. The summed E-state index contributed by atoms with van der Waals surface area (Å²) in [6.07, 6.45) is 4.07. The molecule has 0 aliphatic heterocycles. The molecule has 0 spiro atoms. The van der Waals surface area contributed by atoms with E-state index in [0.29, 0.717) is 17.6 Å². The van der Waals surface area contributed by atoms with Crippen molar-refractivity contribution < 1.29 is 4.79 Å². The maximum atomic E-state index is 12.3. The van der Waals surface area contributed by atoms with Crippen LogP contribution in [0.1, 0.15) is 41.8 Å². The first kappa shape index (κ1) is 15.9. The van der Waals surface area contributed by atoms with Crippen molar-refractivity contribution in [1.29, 1.82) is 0 Å². The summed E-state index contributed by atoms with van der Waals surface area (Å²) in [6.45, 7) is 8.09. The fourth-order valence-corrected chi connectivity index (χ4v) is 2.04. The number of hydrogen-bond acceptors (Lipinski definition) is 4. The van der Waals surface area contributed by atoms with Crippen LogP contribution in [0, 0.1) is 13.8 Å². The largest absolute Gasteiger partial charge is 0.352 e. The lowest BCUT2D eigenvalue weighted by Crippen LogP contribution is -2.17. The molecule has 2 aromatic rings. The minimum absolute atomic E-state index is 0.201. The molecule has 0 fully saturated rings. The van der Waals surface area contributed by atoms with Crippen LogP contribution in [0.4, 0.5) is 11.6 Å². The Balaban J connectivity index is 2.10. The van der Waals surface area contributed by atoms with E-state index >= 15 is 0 Å². The Morgan fingerprint density at radius 2 is 1.77 bits per heavy atom. The van der Waals surface area contributed by atoms with Gasteiger partial charge in [0.2, 0.25) is 5.95 Å². The molecule has 1 unspecified atom stereocenters. The third-order valence-corrected chi connectivity index (χ3v) is 3.62. The van der Waals surface area contributed by atoms with Crippen LogP contribution in [0.3, 0.4) is 0 Å². The summed E-state index contributed by atoms with van der Waals surface area (Å²) >= 11 is 0. The highest BCUT2D eigenvalue weighted by atomic mass is 16.1. The van der Waals surface area contributed by atoms with Crippen LogP contribution < -0.4 is 10.6 Å². The van der Waals surface area contributed by atoms with Crippen LogP contribution in [0.25, 0.3) is 0 Å². The zero-order valence-corrected chi connectivity index (χ0v) is 13.5. The quantitative estimate of drug-likeness (QED) is 0.885. The van der Waals surface area contributed by atoms with E-state index in [-0.39, 0.29) is 5.91 Å². The van der Waals surface area contributed by atoms with Gasteiger partial charge in [0.25, 0.3) is 5.91 Å².